The van der Waals surface area contributed by atoms with E-state index in [1.54, 1.807) is 13.2 Å². The molecule has 0 unspecified atom stereocenters. The first-order valence-corrected chi connectivity index (χ1v) is 12.1. The number of nitrogens with one attached hydrogen (secondary N) is 1. The van der Waals surface area contributed by atoms with Crippen molar-refractivity contribution < 1.29 is 9.53 Å². The van der Waals surface area contributed by atoms with Crippen LogP contribution in [0, 0.1) is 0 Å². The first-order valence-electron chi connectivity index (χ1n) is 11.1. The highest BCUT2D eigenvalue weighted by atomic mass is 32.2. The van der Waals surface area contributed by atoms with Crippen molar-refractivity contribution in [3.63, 3.8) is 0 Å². The average Bonchev–Trinajstić information content (AvgIpc) is 3.26. The molecule has 172 valence electrons. The largest absolute Gasteiger partial charge is 0.496 e. The van der Waals surface area contributed by atoms with Gasteiger partial charge in [0.25, 0.3) is 0 Å². The van der Waals surface area contributed by atoms with Crippen molar-refractivity contribution in [2.45, 2.75) is 31.0 Å². The molecule has 3 aromatic rings. The van der Waals surface area contributed by atoms with E-state index in [9.17, 15) is 4.79 Å². The summed E-state index contributed by atoms with van der Waals surface area (Å²) in [6.07, 6.45) is 5.58. The predicted molar refractivity (Wildman–Crippen MR) is 134 cm³/mol. The maximum atomic E-state index is 12.6. The molecule has 1 fully saturated rings. The Hall–Kier alpha value is -3.26. The van der Waals surface area contributed by atoms with Gasteiger partial charge < -0.3 is 15.0 Å². The quantitative estimate of drug-likeness (QED) is 0.361. The summed E-state index contributed by atoms with van der Waals surface area (Å²) in [5, 5.41) is 12.3. The van der Waals surface area contributed by atoms with Crippen molar-refractivity contribution in [2.24, 2.45) is 0 Å². The zero-order valence-corrected chi connectivity index (χ0v) is 19.7. The number of hydrogen-bond acceptors (Lipinski definition) is 6. The van der Waals surface area contributed by atoms with Crippen LogP contribution in [0.15, 0.2) is 66.3 Å². The normalized spacial score (nSPS) is 13.5. The molecule has 1 aliphatic rings. The SMILES string of the molecule is C=CCn1c(SCC(=O)Nc2ccc(N3CCCCC3)cc2)nnc1-c1ccccc1OC. The molecule has 2 heterocycles. The number of rotatable bonds is 9. The van der Waals surface area contributed by atoms with Crippen molar-refractivity contribution in [3.8, 4) is 17.1 Å². The summed E-state index contributed by atoms with van der Waals surface area (Å²) in [7, 11) is 1.63. The van der Waals surface area contributed by atoms with Gasteiger partial charge in [0.2, 0.25) is 5.91 Å². The number of benzene rings is 2. The summed E-state index contributed by atoms with van der Waals surface area (Å²) in [5.74, 6) is 1.55. The van der Waals surface area contributed by atoms with E-state index in [4.69, 9.17) is 4.74 Å². The number of hydrogen-bond donors (Lipinski definition) is 1. The second-order valence-corrected chi connectivity index (χ2v) is 8.78. The first-order chi connectivity index (χ1) is 16.2. The fraction of sp³-hybridized carbons (Fsp3) is 0.320. The first kappa shape index (κ1) is 22.9. The fourth-order valence-corrected chi connectivity index (χ4v) is 4.70. The predicted octanol–water partition coefficient (Wildman–Crippen LogP) is 4.86. The number of anilines is 2. The van der Waals surface area contributed by atoms with Gasteiger partial charge >= 0.3 is 0 Å². The Bertz CT molecular complexity index is 1090. The van der Waals surface area contributed by atoms with Gasteiger partial charge in [-0.2, -0.15) is 0 Å². The lowest BCUT2D eigenvalue weighted by Gasteiger charge is -2.28. The Morgan fingerprint density at radius 2 is 1.88 bits per heavy atom. The van der Waals surface area contributed by atoms with E-state index in [0.717, 1.165) is 30.1 Å². The molecule has 1 amide bonds. The Morgan fingerprint density at radius 1 is 1.12 bits per heavy atom. The van der Waals surface area contributed by atoms with Gasteiger partial charge in [-0.1, -0.05) is 30.0 Å². The molecule has 0 bridgehead atoms. The topological polar surface area (TPSA) is 72.3 Å². The van der Waals surface area contributed by atoms with Crippen molar-refractivity contribution in [3.05, 3.63) is 61.2 Å². The molecule has 33 heavy (non-hydrogen) atoms. The third-order valence-corrected chi connectivity index (χ3v) is 6.55. The smallest absolute Gasteiger partial charge is 0.234 e. The molecular weight excluding hydrogens is 434 g/mol. The molecule has 7 nitrogen and oxygen atoms in total. The highest BCUT2D eigenvalue weighted by Gasteiger charge is 2.18. The molecule has 0 radical (unpaired) electrons. The molecule has 1 aromatic heterocycles. The molecular formula is C25H29N5O2S. The number of ether oxygens (including phenoxy) is 1. The Balaban J connectivity index is 1.40. The minimum atomic E-state index is -0.0854. The summed E-state index contributed by atoms with van der Waals surface area (Å²) in [4.78, 5) is 15.0. The van der Waals surface area contributed by atoms with Crippen molar-refractivity contribution in [2.75, 3.05) is 36.2 Å². The standard InChI is InChI=1S/C25H29N5O2S/c1-3-15-30-24(21-9-5-6-10-22(21)32-2)27-28-25(30)33-18-23(31)26-19-11-13-20(14-12-19)29-16-7-4-8-17-29/h3,5-6,9-14H,1,4,7-8,15-18H2,2H3,(H,26,31). The van der Waals surface area contributed by atoms with Gasteiger partial charge in [-0.05, 0) is 55.7 Å². The van der Waals surface area contributed by atoms with Crippen LogP contribution in [0.1, 0.15) is 19.3 Å². The minimum Gasteiger partial charge on any atom is -0.496 e. The summed E-state index contributed by atoms with van der Waals surface area (Å²) in [5.41, 5.74) is 2.85. The summed E-state index contributed by atoms with van der Waals surface area (Å²) in [6, 6.07) is 15.8. The molecule has 0 atom stereocenters. The number of amides is 1. The Kier molecular flexibility index (Phi) is 7.67. The molecule has 0 saturated carbocycles. The van der Waals surface area contributed by atoms with Crippen LogP contribution in [0.4, 0.5) is 11.4 Å². The van der Waals surface area contributed by atoms with Gasteiger partial charge in [-0.15, -0.1) is 16.8 Å². The van der Waals surface area contributed by atoms with Crippen molar-refractivity contribution in [1.82, 2.24) is 14.8 Å². The number of piperidine rings is 1. The molecule has 1 saturated heterocycles. The van der Waals surface area contributed by atoms with Crippen LogP contribution in [-0.2, 0) is 11.3 Å². The molecule has 8 heteroatoms. The van der Waals surface area contributed by atoms with Crippen molar-refractivity contribution in [1.29, 1.82) is 0 Å². The van der Waals surface area contributed by atoms with E-state index < -0.39 is 0 Å². The number of aromatic nitrogens is 3. The van der Waals surface area contributed by atoms with E-state index in [1.807, 2.05) is 41.0 Å². The minimum absolute atomic E-state index is 0.0854. The van der Waals surface area contributed by atoms with E-state index >= 15 is 0 Å². The molecule has 1 aliphatic heterocycles. The van der Waals surface area contributed by atoms with Gasteiger partial charge in [0.15, 0.2) is 11.0 Å². The van der Waals surface area contributed by atoms with E-state index in [1.165, 1.54) is 36.7 Å². The highest BCUT2D eigenvalue weighted by molar-refractivity contribution is 7.99. The maximum absolute atomic E-state index is 12.6. The lowest BCUT2D eigenvalue weighted by molar-refractivity contribution is -0.113. The summed E-state index contributed by atoms with van der Waals surface area (Å²) in [6.45, 7) is 6.58. The van der Waals surface area contributed by atoms with E-state index in [0.29, 0.717) is 17.5 Å². The monoisotopic (exact) mass is 463 g/mol. The van der Waals surface area contributed by atoms with Crippen LogP contribution in [0.5, 0.6) is 5.75 Å². The van der Waals surface area contributed by atoms with Gasteiger partial charge in [0.1, 0.15) is 5.75 Å². The van der Waals surface area contributed by atoms with Gasteiger partial charge in [-0.25, -0.2) is 0 Å². The van der Waals surface area contributed by atoms with E-state index in [2.05, 4.69) is 39.1 Å². The number of thioether (sulfide) groups is 1. The van der Waals surface area contributed by atoms with Crippen LogP contribution in [-0.4, -0.2) is 46.6 Å². The van der Waals surface area contributed by atoms with Crippen LogP contribution >= 0.6 is 11.8 Å². The van der Waals surface area contributed by atoms with Crippen LogP contribution in [0.3, 0.4) is 0 Å². The molecule has 0 aliphatic carbocycles. The fourth-order valence-electron chi connectivity index (χ4n) is 3.95. The number of para-hydroxylation sites is 1. The van der Waals surface area contributed by atoms with Crippen LogP contribution < -0.4 is 15.0 Å². The van der Waals surface area contributed by atoms with Gasteiger partial charge in [-0.3, -0.25) is 9.36 Å². The van der Waals surface area contributed by atoms with Crippen LogP contribution in [0.2, 0.25) is 0 Å². The highest BCUT2D eigenvalue weighted by Crippen LogP contribution is 2.31. The number of nitrogens with zero attached hydrogens (tertiary/aromatic N) is 4. The third-order valence-electron chi connectivity index (χ3n) is 5.58. The molecule has 1 N–H and O–H groups in total. The summed E-state index contributed by atoms with van der Waals surface area (Å²) < 4.78 is 7.41. The number of carbonyl (C=O) groups is 1. The van der Waals surface area contributed by atoms with Gasteiger partial charge in [0.05, 0.1) is 18.4 Å². The summed E-state index contributed by atoms with van der Waals surface area (Å²) >= 11 is 1.35. The zero-order valence-electron chi connectivity index (χ0n) is 18.9. The lowest BCUT2D eigenvalue weighted by atomic mass is 10.1. The maximum Gasteiger partial charge on any atom is 0.234 e. The molecule has 0 spiro atoms. The Morgan fingerprint density at radius 3 is 2.61 bits per heavy atom. The number of carbonyl (C=O) groups excluding carboxylic acids is 1. The Labute approximate surface area is 198 Å². The zero-order chi connectivity index (χ0) is 23.0. The second kappa shape index (κ2) is 11.0. The van der Waals surface area contributed by atoms with Crippen molar-refractivity contribution >= 4 is 29.0 Å². The lowest BCUT2D eigenvalue weighted by Crippen LogP contribution is -2.29. The number of allylic oxidation sites excluding steroid dienone is 1. The third kappa shape index (κ3) is 5.57. The molecule has 2 aromatic carbocycles. The number of methoxy groups -OCH3 is 1. The second-order valence-electron chi connectivity index (χ2n) is 7.84. The van der Waals surface area contributed by atoms with Crippen LogP contribution in [0.25, 0.3) is 11.4 Å². The van der Waals surface area contributed by atoms with E-state index in [-0.39, 0.29) is 11.7 Å². The average molecular weight is 464 g/mol. The van der Waals surface area contributed by atoms with Gasteiger partial charge in [0, 0.05) is 31.0 Å². The molecule has 4 rings (SSSR count).